The average Bonchev–Trinajstić information content (AvgIpc) is 2.37. The third kappa shape index (κ3) is 4.11. The molecule has 1 aliphatic rings. The Labute approximate surface area is 125 Å². The number of carbonyl (C=O) groups is 1. The second kappa shape index (κ2) is 6.35. The summed E-state index contributed by atoms with van der Waals surface area (Å²) < 4.78 is 11.4. The summed E-state index contributed by atoms with van der Waals surface area (Å²) >= 11 is 0. The molecule has 0 spiro atoms. The minimum atomic E-state index is -0.520. The number of fused-ring (bicyclic) bond motifs is 1. The minimum Gasteiger partial charge on any atom is -0.493 e. The lowest BCUT2D eigenvalue weighted by atomic mass is 9.92. The van der Waals surface area contributed by atoms with E-state index in [9.17, 15) is 9.90 Å². The van der Waals surface area contributed by atoms with Crippen LogP contribution >= 0.6 is 0 Å². The first-order valence-corrected chi connectivity index (χ1v) is 7.32. The van der Waals surface area contributed by atoms with Crippen molar-refractivity contribution in [2.45, 2.75) is 45.3 Å². The summed E-state index contributed by atoms with van der Waals surface area (Å²) in [6.07, 6.45) is 0.366. The molecule has 0 radical (unpaired) electrons. The average molecular weight is 293 g/mol. The van der Waals surface area contributed by atoms with E-state index in [0.29, 0.717) is 37.5 Å². The predicted octanol–water partition coefficient (Wildman–Crippen LogP) is 2.19. The molecule has 0 fully saturated rings. The lowest BCUT2D eigenvalue weighted by Gasteiger charge is -2.35. The topological polar surface area (TPSA) is 67.8 Å². The smallest absolute Gasteiger partial charge is 0.223 e. The highest BCUT2D eigenvalue weighted by molar-refractivity contribution is 5.75. The quantitative estimate of drug-likeness (QED) is 0.873. The van der Waals surface area contributed by atoms with Crippen molar-refractivity contribution in [3.63, 3.8) is 0 Å². The van der Waals surface area contributed by atoms with Crippen LogP contribution in [0.4, 0.5) is 0 Å². The van der Waals surface area contributed by atoms with Gasteiger partial charge in [0.1, 0.15) is 17.1 Å². The first-order chi connectivity index (χ1) is 9.91. The number of nitrogens with one attached hydrogen (secondary N) is 1. The molecule has 1 aromatic carbocycles. The summed E-state index contributed by atoms with van der Waals surface area (Å²) in [5.41, 5.74) is 0.386. The second-order valence-electron chi connectivity index (χ2n) is 5.83. The Morgan fingerprint density at radius 2 is 2.29 bits per heavy atom. The van der Waals surface area contributed by atoms with Gasteiger partial charge in [0.05, 0.1) is 19.1 Å². The maximum atomic E-state index is 11.3. The fourth-order valence-electron chi connectivity index (χ4n) is 2.43. The van der Waals surface area contributed by atoms with Crippen LogP contribution < -0.4 is 14.8 Å². The van der Waals surface area contributed by atoms with Gasteiger partial charge in [-0.2, -0.15) is 0 Å². The first kappa shape index (κ1) is 15.6. The number of aliphatic hydroxyl groups is 1. The Morgan fingerprint density at radius 3 is 3.00 bits per heavy atom. The lowest BCUT2D eigenvalue weighted by molar-refractivity contribution is -0.121. The van der Waals surface area contributed by atoms with Gasteiger partial charge in [-0.05, 0) is 32.9 Å². The van der Waals surface area contributed by atoms with Crippen LogP contribution in [0.2, 0.25) is 0 Å². The number of aliphatic hydroxyl groups excluding tert-OH is 1. The van der Waals surface area contributed by atoms with Gasteiger partial charge in [0.2, 0.25) is 5.91 Å². The highest BCUT2D eigenvalue weighted by Crippen LogP contribution is 2.40. The van der Waals surface area contributed by atoms with Gasteiger partial charge in [-0.25, -0.2) is 0 Å². The summed E-state index contributed by atoms with van der Waals surface area (Å²) in [7, 11) is 0. The molecule has 5 heteroatoms. The van der Waals surface area contributed by atoms with E-state index < -0.39 is 11.7 Å². The van der Waals surface area contributed by atoms with Crippen LogP contribution in [0.1, 0.15) is 45.3 Å². The van der Waals surface area contributed by atoms with Crippen molar-refractivity contribution in [1.82, 2.24) is 5.32 Å². The highest BCUT2D eigenvalue weighted by Gasteiger charge is 2.32. The number of rotatable bonds is 5. The number of ether oxygens (including phenoxy) is 2. The molecule has 0 aliphatic carbocycles. The molecule has 1 unspecified atom stereocenters. The van der Waals surface area contributed by atoms with E-state index in [2.05, 4.69) is 5.32 Å². The van der Waals surface area contributed by atoms with Crippen LogP contribution in [-0.4, -0.2) is 29.8 Å². The van der Waals surface area contributed by atoms with Crippen molar-refractivity contribution >= 4 is 5.91 Å². The van der Waals surface area contributed by atoms with Crippen LogP contribution in [0.25, 0.3) is 0 Å². The Morgan fingerprint density at radius 1 is 1.52 bits per heavy atom. The van der Waals surface area contributed by atoms with E-state index in [-0.39, 0.29) is 5.91 Å². The third-order valence-electron chi connectivity index (χ3n) is 3.39. The molecule has 5 nitrogen and oxygen atoms in total. The molecule has 116 valence electrons. The second-order valence-corrected chi connectivity index (χ2v) is 5.83. The van der Waals surface area contributed by atoms with Crippen LogP contribution in [-0.2, 0) is 4.79 Å². The van der Waals surface area contributed by atoms with E-state index in [4.69, 9.17) is 9.47 Å². The first-order valence-electron chi connectivity index (χ1n) is 7.32. The van der Waals surface area contributed by atoms with Crippen LogP contribution in [0, 0.1) is 0 Å². The van der Waals surface area contributed by atoms with Gasteiger partial charge in [-0.1, -0.05) is 0 Å². The van der Waals surface area contributed by atoms with Gasteiger partial charge in [0, 0.05) is 24.6 Å². The molecule has 2 N–H and O–H groups in total. The van der Waals surface area contributed by atoms with Crippen molar-refractivity contribution in [1.29, 1.82) is 0 Å². The van der Waals surface area contributed by atoms with E-state index in [0.717, 1.165) is 5.56 Å². The van der Waals surface area contributed by atoms with E-state index in [1.165, 1.54) is 0 Å². The molecule has 1 heterocycles. The monoisotopic (exact) mass is 293 g/mol. The Bertz CT molecular complexity index is 513. The number of carbonyl (C=O) groups excluding carboxylic acids is 1. The zero-order valence-corrected chi connectivity index (χ0v) is 12.8. The predicted molar refractivity (Wildman–Crippen MR) is 79.5 cm³/mol. The molecule has 0 saturated heterocycles. The van der Waals surface area contributed by atoms with E-state index >= 15 is 0 Å². The Hall–Kier alpha value is -1.75. The molecule has 1 aliphatic heterocycles. The van der Waals surface area contributed by atoms with Crippen molar-refractivity contribution in [3.05, 3.63) is 23.8 Å². The molecule has 0 bridgehead atoms. The molecule has 0 saturated carbocycles. The molecular weight excluding hydrogens is 270 g/mol. The number of hydrogen-bond donors (Lipinski definition) is 2. The Balaban J connectivity index is 1.99. The normalized spacial score (nSPS) is 19.3. The maximum Gasteiger partial charge on any atom is 0.223 e. The largest absolute Gasteiger partial charge is 0.493 e. The third-order valence-corrected chi connectivity index (χ3v) is 3.39. The molecule has 2 rings (SSSR count). The summed E-state index contributed by atoms with van der Waals surface area (Å²) in [6.45, 7) is 6.71. The minimum absolute atomic E-state index is 0.0248. The zero-order chi connectivity index (χ0) is 15.5. The fraction of sp³-hybridized carbons (Fsp3) is 0.562. The molecular formula is C16H23NO4. The molecule has 1 amide bonds. The lowest BCUT2D eigenvalue weighted by Crippen LogP contribution is -2.34. The standard InChI is InChI=1S/C16H23NO4/c1-4-17-15(19)7-8-20-11-5-6-12-13(18)10-16(2,3)21-14(12)9-11/h5-6,9,13,18H,4,7-8,10H2,1-3H3,(H,17,19). The van der Waals surface area contributed by atoms with E-state index in [1.54, 1.807) is 12.1 Å². The van der Waals surface area contributed by atoms with Crippen molar-refractivity contribution in [2.24, 2.45) is 0 Å². The van der Waals surface area contributed by atoms with Crippen molar-refractivity contribution in [2.75, 3.05) is 13.2 Å². The summed E-state index contributed by atoms with van der Waals surface area (Å²) in [5, 5.41) is 12.8. The molecule has 1 aromatic rings. The van der Waals surface area contributed by atoms with Crippen molar-refractivity contribution in [3.8, 4) is 11.5 Å². The zero-order valence-electron chi connectivity index (χ0n) is 12.8. The van der Waals surface area contributed by atoms with Gasteiger partial charge in [-0.3, -0.25) is 4.79 Å². The van der Waals surface area contributed by atoms with Crippen LogP contribution in [0.15, 0.2) is 18.2 Å². The molecule has 1 atom stereocenters. The van der Waals surface area contributed by atoms with Crippen molar-refractivity contribution < 1.29 is 19.4 Å². The van der Waals surface area contributed by atoms with Gasteiger partial charge < -0.3 is 19.9 Å². The van der Waals surface area contributed by atoms with Gasteiger partial charge >= 0.3 is 0 Å². The SMILES string of the molecule is CCNC(=O)CCOc1ccc2c(c1)OC(C)(C)CC2O. The number of amides is 1. The van der Waals surface area contributed by atoms with Crippen LogP contribution in [0.5, 0.6) is 11.5 Å². The highest BCUT2D eigenvalue weighted by atomic mass is 16.5. The fourth-order valence-corrected chi connectivity index (χ4v) is 2.43. The number of hydrogen-bond acceptors (Lipinski definition) is 4. The summed E-state index contributed by atoms with van der Waals surface area (Å²) in [6, 6.07) is 5.38. The Kier molecular flexibility index (Phi) is 4.73. The van der Waals surface area contributed by atoms with Gasteiger partial charge in [0.15, 0.2) is 0 Å². The summed E-state index contributed by atoms with van der Waals surface area (Å²) in [5.74, 6) is 1.26. The maximum absolute atomic E-state index is 11.3. The van der Waals surface area contributed by atoms with Gasteiger partial charge in [-0.15, -0.1) is 0 Å². The molecule has 21 heavy (non-hydrogen) atoms. The van der Waals surface area contributed by atoms with E-state index in [1.807, 2.05) is 26.8 Å². The number of benzene rings is 1. The van der Waals surface area contributed by atoms with Crippen LogP contribution in [0.3, 0.4) is 0 Å². The summed E-state index contributed by atoms with van der Waals surface area (Å²) in [4.78, 5) is 11.3. The molecule has 0 aromatic heterocycles. The van der Waals surface area contributed by atoms with Gasteiger partial charge in [0.25, 0.3) is 0 Å².